The second kappa shape index (κ2) is 5.66. The molecule has 1 saturated carbocycles. The van der Waals surface area contributed by atoms with Crippen LogP contribution in [0.2, 0.25) is 0 Å². The maximum absolute atomic E-state index is 13.2. The third kappa shape index (κ3) is 4.06. The smallest absolute Gasteiger partial charge is 0.220 e. The predicted molar refractivity (Wildman–Crippen MR) is 62.3 cm³/mol. The minimum atomic E-state index is -0.366. The first kappa shape index (κ1) is 11.9. The van der Waals surface area contributed by atoms with Gasteiger partial charge in [0, 0.05) is 12.5 Å². The van der Waals surface area contributed by atoms with E-state index in [0.29, 0.717) is 25.5 Å². The predicted octanol–water partition coefficient (Wildman–Crippen LogP) is 2.26. The van der Waals surface area contributed by atoms with Gasteiger partial charge in [0.1, 0.15) is 0 Å². The van der Waals surface area contributed by atoms with E-state index in [1.807, 2.05) is 0 Å². The Labute approximate surface area is 100.0 Å². The molecule has 1 N–H and O–H groups in total. The van der Waals surface area contributed by atoms with E-state index in [1.54, 1.807) is 18.2 Å². The summed E-state index contributed by atoms with van der Waals surface area (Å²) in [6, 6.07) is 6.67. The number of halogens is 1. The molecule has 92 valence electrons. The minimum Gasteiger partial charge on any atom is -0.491 e. The molecule has 3 nitrogen and oxygen atoms in total. The number of carbonyl (C=O) groups is 1. The molecular formula is C13H16FNO2. The van der Waals surface area contributed by atoms with Crippen LogP contribution in [0.25, 0.3) is 0 Å². The summed E-state index contributed by atoms with van der Waals surface area (Å²) >= 11 is 0. The summed E-state index contributed by atoms with van der Waals surface area (Å²) in [5.74, 6) is -0.0605. The lowest BCUT2D eigenvalue weighted by Crippen LogP contribution is -2.25. The van der Waals surface area contributed by atoms with Crippen LogP contribution >= 0.6 is 0 Å². The molecular weight excluding hydrogens is 221 g/mol. The summed E-state index contributed by atoms with van der Waals surface area (Å²) in [7, 11) is 0. The van der Waals surface area contributed by atoms with Crippen molar-refractivity contribution in [3.63, 3.8) is 0 Å². The van der Waals surface area contributed by atoms with E-state index < -0.39 is 0 Å². The molecule has 1 amide bonds. The zero-order valence-corrected chi connectivity index (χ0v) is 9.62. The van der Waals surface area contributed by atoms with Crippen molar-refractivity contribution in [2.45, 2.75) is 31.7 Å². The van der Waals surface area contributed by atoms with E-state index in [2.05, 4.69) is 5.32 Å². The van der Waals surface area contributed by atoms with Crippen LogP contribution in [0.5, 0.6) is 5.75 Å². The molecule has 0 unspecified atom stereocenters. The van der Waals surface area contributed by atoms with Gasteiger partial charge in [-0.25, -0.2) is 4.39 Å². The SMILES string of the molecule is O=C(CCCOc1ccccc1F)NC1CC1. The second-order valence-electron chi connectivity index (χ2n) is 4.22. The van der Waals surface area contributed by atoms with Gasteiger partial charge in [-0.05, 0) is 31.4 Å². The standard InChI is InChI=1S/C13H16FNO2/c14-11-4-1-2-5-12(11)17-9-3-6-13(16)15-10-7-8-10/h1-2,4-5,10H,3,6-9H2,(H,15,16). The molecule has 0 aliphatic heterocycles. The van der Waals surface area contributed by atoms with E-state index in [0.717, 1.165) is 12.8 Å². The van der Waals surface area contributed by atoms with Gasteiger partial charge in [-0.1, -0.05) is 12.1 Å². The van der Waals surface area contributed by atoms with Gasteiger partial charge in [0.25, 0.3) is 0 Å². The zero-order chi connectivity index (χ0) is 12.1. The van der Waals surface area contributed by atoms with Crippen molar-refractivity contribution in [2.24, 2.45) is 0 Å². The van der Waals surface area contributed by atoms with Gasteiger partial charge < -0.3 is 10.1 Å². The summed E-state index contributed by atoms with van der Waals surface area (Å²) < 4.78 is 18.4. The van der Waals surface area contributed by atoms with Crippen molar-refractivity contribution >= 4 is 5.91 Å². The Morgan fingerprint density at radius 2 is 2.18 bits per heavy atom. The van der Waals surface area contributed by atoms with Crippen LogP contribution in [0, 0.1) is 5.82 Å². The summed E-state index contributed by atoms with van der Waals surface area (Å²) in [5, 5.41) is 2.90. The lowest BCUT2D eigenvalue weighted by atomic mass is 10.3. The normalized spacial score (nSPS) is 14.4. The van der Waals surface area contributed by atoms with E-state index in [-0.39, 0.29) is 17.5 Å². The quantitative estimate of drug-likeness (QED) is 0.771. The van der Waals surface area contributed by atoms with E-state index in [4.69, 9.17) is 4.74 Å². The zero-order valence-electron chi connectivity index (χ0n) is 9.62. The molecule has 1 aromatic carbocycles. The average molecular weight is 237 g/mol. The highest BCUT2D eigenvalue weighted by atomic mass is 19.1. The number of benzene rings is 1. The highest BCUT2D eigenvalue weighted by Gasteiger charge is 2.22. The maximum atomic E-state index is 13.2. The number of amides is 1. The molecule has 17 heavy (non-hydrogen) atoms. The summed E-state index contributed by atoms with van der Waals surface area (Å²) in [6.07, 6.45) is 3.23. The molecule has 0 radical (unpaired) electrons. The number of hydrogen-bond donors (Lipinski definition) is 1. The average Bonchev–Trinajstić information content (AvgIpc) is 3.10. The second-order valence-corrected chi connectivity index (χ2v) is 4.22. The van der Waals surface area contributed by atoms with Crippen LogP contribution in [0.3, 0.4) is 0 Å². The minimum absolute atomic E-state index is 0.0598. The molecule has 0 aromatic heterocycles. The number of nitrogens with one attached hydrogen (secondary N) is 1. The molecule has 0 saturated heterocycles. The lowest BCUT2D eigenvalue weighted by Gasteiger charge is -2.07. The first-order valence-corrected chi connectivity index (χ1v) is 5.92. The number of carbonyl (C=O) groups excluding carboxylic acids is 1. The number of ether oxygens (including phenoxy) is 1. The molecule has 1 aliphatic carbocycles. The van der Waals surface area contributed by atoms with Gasteiger partial charge in [-0.3, -0.25) is 4.79 Å². The molecule has 0 heterocycles. The van der Waals surface area contributed by atoms with Gasteiger partial charge in [-0.2, -0.15) is 0 Å². The Balaban J connectivity index is 1.62. The molecule has 1 aromatic rings. The van der Waals surface area contributed by atoms with Crippen LogP contribution in [-0.2, 0) is 4.79 Å². The highest BCUT2D eigenvalue weighted by molar-refractivity contribution is 5.76. The van der Waals surface area contributed by atoms with E-state index in [9.17, 15) is 9.18 Å². The molecule has 0 atom stereocenters. The first-order valence-electron chi connectivity index (χ1n) is 5.92. The summed E-state index contributed by atoms with van der Waals surface area (Å²) in [4.78, 5) is 11.3. The number of hydrogen-bond acceptors (Lipinski definition) is 2. The van der Waals surface area contributed by atoms with E-state index >= 15 is 0 Å². The van der Waals surface area contributed by atoms with Gasteiger partial charge in [0.05, 0.1) is 6.61 Å². The molecule has 0 bridgehead atoms. The molecule has 1 fully saturated rings. The van der Waals surface area contributed by atoms with Crippen LogP contribution in [0.15, 0.2) is 24.3 Å². The first-order chi connectivity index (χ1) is 8.25. The molecule has 0 spiro atoms. The summed E-state index contributed by atoms with van der Waals surface area (Å²) in [6.45, 7) is 0.360. The Morgan fingerprint density at radius 1 is 1.41 bits per heavy atom. The highest BCUT2D eigenvalue weighted by Crippen LogP contribution is 2.19. The number of para-hydroxylation sites is 1. The maximum Gasteiger partial charge on any atom is 0.220 e. The van der Waals surface area contributed by atoms with Crippen LogP contribution in [0.4, 0.5) is 4.39 Å². The fourth-order valence-corrected chi connectivity index (χ4v) is 1.50. The van der Waals surface area contributed by atoms with E-state index in [1.165, 1.54) is 6.07 Å². The Hall–Kier alpha value is -1.58. The Kier molecular flexibility index (Phi) is 3.96. The molecule has 4 heteroatoms. The third-order valence-electron chi connectivity index (χ3n) is 2.58. The van der Waals surface area contributed by atoms with Gasteiger partial charge in [0.2, 0.25) is 5.91 Å². The van der Waals surface area contributed by atoms with Crippen molar-refractivity contribution in [1.82, 2.24) is 5.32 Å². The summed E-state index contributed by atoms with van der Waals surface area (Å²) in [5.41, 5.74) is 0. The van der Waals surface area contributed by atoms with Gasteiger partial charge in [-0.15, -0.1) is 0 Å². The fraction of sp³-hybridized carbons (Fsp3) is 0.462. The van der Waals surface area contributed by atoms with Crippen LogP contribution in [-0.4, -0.2) is 18.6 Å². The molecule has 2 rings (SSSR count). The van der Waals surface area contributed by atoms with Crippen molar-refractivity contribution in [3.8, 4) is 5.75 Å². The monoisotopic (exact) mass is 237 g/mol. The van der Waals surface area contributed by atoms with Crippen molar-refractivity contribution < 1.29 is 13.9 Å². The van der Waals surface area contributed by atoms with Crippen LogP contribution in [0.1, 0.15) is 25.7 Å². The number of rotatable bonds is 6. The fourth-order valence-electron chi connectivity index (χ4n) is 1.50. The van der Waals surface area contributed by atoms with Crippen molar-refractivity contribution in [3.05, 3.63) is 30.1 Å². The van der Waals surface area contributed by atoms with Crippen molar-refractivity contribution in [2.75, 3.05) is 6.61 Å². The topological polar surface area (TPSA) is 38.3 Å². The van der Waals surface area contributed by atoms with Crippen molar-refractivity contribution in [1.29, 1.82) is 0 Å². The molecule has 1 aliphatic rings. The lowest BCUT2D eigenvalue weighted by molar-refractivity contribution is -0.121. The van der Waals surface area contributed by atoms with Gasteiger partial charge in [0.15, 0.2) is 11.6 Å². The van der Waals surface area contributed by atoms with Gasteiger partial charge >= 0.3 is 0 Å². The third-order valence-corrected chi connectivity index (χ3v) is 2.58. The Bertz CT molecular complexity index is 391. The Morgan fingerprint density at radius 3 is 2.88 bits per heavy atom. The van der Waals surface area contributed by atoms with Crippen LogP contribution < -0.4 is 10.1 Å². The largest absolute Gasteiger partial charge is 0.491 e.